The van der Waals surface area contributed by atoms with Gasteiger partial charge < -0.3 is 10.4 Å². The van der Waals surface area contributed by atoms with E-state index in [1.807, 2.05) is 6.07 Å². The second-order valence-electron chi connectivity index (χ2n) is 6.52. The number of carboxylic acid groups (broad SMARTS) is 1. The Morgan fingerprint density at radius 2 is 1.76 bits per heavy atom. The number of nitrogens with one attached hydrogen (secondary N) is 1. The lowest BCUT2D eigenvalue weighted by molar-refractivity contribution is -0.136. The number of amides is 1. The number of hydrogen-bond acceptors (Lipinski definition) is 2. The first kappa shape index (κ1) is 17.1. The van der Waals surface area contributed by atoms with Crippen LogP contribution in [0, 0.1) is 5.82 Å². The van der Waals surface area contributed by atoms with Gasteiger partial charge in [0.15, 0.2) is 0 Å². The fourth-order valence-corrected chi connectivity index (χ4v) is 3.54. The van der Waals surface area contributed by atoms with Crippen molar-refractivity contribution in [3.8, 4) is 0 Å². The molecule has 5 heteroatoms. The van der Waals surface area contributed by atoms with Gasteiger partial charge in [0.05, 0.1) is 11.8 Å². The van der Waals surface area contributed by atoms with Crippen LogP contribution in [0.5, 0.6) is 0 Å². The highest BCUT2D eigenvalue weighted by atomic mass is 19.1. The highest BCUT2D eigenvalue weighted by Gasteiger charge is 2.42. The molecule has 1 aliphatic rings. The van der Waals surface area contributed by atoms with Gasteiger partial charge in [-0.15, -0.1) is 0 Å². The number of halogens is 1. The van der Waals surface area contributed by atoms with Crippen molar-refractivity contribution in [3.05, 3.63) is 65.5 Å². The molecule has 2 aromatic rings. The molecule has 1 aliphatic carbocycles. The summed E-state index contributed by atoms with van der Waals surface area (Å²) in [7, 11) is 0. The summed E-state index contributed by atoms with van der Waals surface area (Å²) >= 11 is 0. The van der Waals surface area contributed by atoms with Gasteiger partial charge in [-0.25, -0.2) is 4.39 Å². The number of carbonyl (C=O) groups excluding carboxylic acids is 1. The lowest BCUT2D eigenvalue weighted by Gasteiger charge is -2.28. The van der Waals surface area contributed by atoms with Gasteiger partial charge in [-0.1, -0.05) is 37.1 Å². The molecule has 4 nitrogen and oxygen atoms in total. The molecule has 0 aromatic heterocycles. The quantitative estimate of drug-likeness (QED) is 0.867. The van der Waals surface area contributed by atoms with Gasteiger partial charge in [-0.2, -0.15) is 0 Å². The van der Waals surface area contributed by atoms with Crippen LogP contribution in [0.1, 0.15) is 36.8 Å². The Hall–Kier alpha value is -2.69. The van der Waals surface area contributed by atoms with E-state index in [2.05, 4.69) is 5.32 Å². The molecule has 25 heavy (non-hydrogen) atoms. The van der Waals surface area contributed by atoms with Crippen molar-refractivity contribution in [1.82, 2.24) is 0 Å². The third kappa shape index (κ3) is 3.71. The average Bonchev–Trinajstić information content (AvgIpc) is 3.07. The van der Waals surface area contributed by atoms with Crippen LogP contribution in [0.2, 0.25) is 0 Å². The Bertz CT molecular complexity index is 780. The van der Waals surface area contributed by atoms with E-state index < -0.39 is 11.4 Å². The summed E-state index contributed by atoms with van der Waals surface area (Å²) in [5.41, 5.74) is 1.29. The number of hydrogen-bond donors (Lipinski definition) is 2. The Labute approximate surface area is 145 Å². The number of benzene rings is 2. The zero-order chi connectivity index (χ0) is 17.9. The average molecular weight is 341 g/mol. The Morgan fingerprint density at radius 3 is 2.36 bits per heavy atom. The second-order valence-corrected chi connectivity index (χ2v) is 6.52. The van der Waals surface area contributed by atoms with Gasteiger partial charge in [0, 0.05) is 5.69 Å². The third-order valence-corrected chi connectivity index (χ3v) is 4.84. The van der Waals surface area contributed by atoms with E-state index in [4.69, 9.17) is 5.11 Å². The van der Waals surface area contributed by atoms with Crippen LogP contribution < -0.4 is 5.32 Å². The van der Waals surface area contributed by atoms with Crippen LogP contribution in [0.25, 0.3) is 0 Å². The Morgan fingerprint density at radius 1 is 1.08 bits per heavy atom. The lowest BCUT2D eigenvalue weighted by atomic mass is 9.78. The molecule has 2 N–H and O–H groups in total. The first-order valence-electron chi connectivity index (χ1n) is 8.38. The molecule has 0 unspecified atom stereocenters. The van der Waals surface area contributed by atoms with E-state index in [1.54, 1.807) is 30.3 Å². The van der Waals surface area contributed by atoms with Crippen LogP contribution in [0.4, 0.5) is 10.1 Å². The molecule has 130 valence electrons. The molecule has 0 radical (unpaired) electrons. The van der Waals surface area contributed by atoms with Crippen molar-refractivity contribution in [1.29, 1.82) is 0 Å². The van der Waals surface area contributed by atoms with E-state index in [0.29, 0.717) is 29.7 Å². The van der Waals surface area contributed by atoms with Crippen LogP contribution >= 0.6 is 0 Å². The summed E-state index contributed by atoms with van der Waals surface area (Å²) in [5.74, 6) is -1.37. The largest absolute Gasteiger partial charge is 0.481 e. The fraction of sp³-hybridized carbons (Fsp3) is 0.300. The van der Waals surface area contributed by atoms with E-state index in [0.717, 1.165) is 12.8 Å². The fourth-order valence-electron chi connectivity index (χ4n) is 3.54. The summed E-state index contributed by atoms with van der Waals surface area (Å²) in [5, 5.41) is 11.7. The number of anilines is 1. The third-order valence-electron chi connectivity index (χ3n) is 4.84. The normalized spacial score (nSPS) is 15.7. The van der Waals surface area contributed by atoms with E-state index in [1.165, 1.54) is 12.1 Å². The van der Waals surface area contributed by atoms with Gasteiger partial charge >= 0.3 is 5.97 Å². The highest BCUT2D eigenvalue weighted by Crippen LogP contribution is 2.42. The van der Waals surface area contributed by atoms with E-state index >= 15 is 0 Å². The SMILES string of the molecule is O=C(O)Cc1ccc(NC(=O)C2(c3cccc(F)c3)CCCC2)cc1. The minimum absolute atomic E-state index is 0.0541. The molecule has 1 saturated carbocycles. The summed E-state index contributed by atoms with van der Waals surface area (Å²) in [6.07, 6.45) is 3.20. The summed E-state index contributed by atoms with van der Waals surface area (Å²) < 4.78 is 13.6. The lowest BCUT2D eigenvalue weighted by Crippen LogP contribution is -2.38. The second kappa shape index (κ2) is 7.05. The van der Waals surface area contributed by atoms with Crippen molar-refractivity contribution in [2.45, 2.75) is 37.5 Å². The predicted molar refractivity (Wildman–Crippen MR) is 93.0 cm³/mol. The van der Waals surface area contributed by atoms with Crippen molar-refractivity contribution >= 4 is 17.6 Å². The topological polar surface area (TPSA) is 66.4 Å². The van der Waals surface area contributed by atoms with Gasteiger partial charge in [0.2, 0.25) is 5.91 Å². The minimum Gasteiger partial charge on any atom is -0.481 e. The molecule has 3 rings (SSSR count). The van der Waals surface area contributed by atoms with Crippen LogP contribution in [0.15, 0.2) is 48.5 Å². The molecular formula is C20H20FNO3. The zero-order valence-corrected chi connectivity index (χ0v) is 13.8. The van der Waals surface area contributed by atoms with Crippen LogP contribution in [-0.2, 0) is 21.4 Å². The Kier molecular flexibility index (Phi) is 4.83. The smallest absolute Gasteiger partial charge is 0.307 e. The molecule has 0 heterocycles. The minimum atomic E-state index is -0.896. The number of rotatable bonds is 5. The maximum Gasteiger partial charge on any atom is 0.307 e. The maximum absolute atomic E-state index is 13.6. The van der Waals surface area contributed by atoms with Gasteiger partial charge in [0.25, 0.3) is 0 Å². The van der Waals surface area contributed by atoms with Gasteiger partial charge in [0.1, 0.15) is 5.82 Å². The Balaban J connectivity index is 1.81. The van der Waals surface area contributed by atoms with Gasteiger partial charge in [-0.3, -0.25) is 9.59 Å². The first-order valence-corrected chi connectivity index (χ1v) is 8.38. The molecule has 0 aliphatic heterocycles. The number of aliphatic carboxylic acids is 1. The van der Waals surface area contributed by atoms with E-state index in [-0.39, 0.29) is 18.1 Å². The molecule has 0 saturated heterocycles. The van der Waals surface area contributed by atoms with Crippen molar-refractivity contribution in [2.75, 3.05) is 5.32 Å². The van der Waals surface area contributed by atoms with Crippen molar-refractivity contribution in [2.24, 2.45) is 0 Å². The maximum atomic E-state index is 13.6. The highest BCUT2D eigenvalue weighted by molar-refractivity contribution is 5.99. The number of carboxylic acids is 1. The molecule has 1 amide bonds. The summed E-state index contributed by atoms with van der Waals surface area (Å²) in [6.45, 7) is 0. The van der Waals surface area contributed by atoms with E-state index in [9.17, 15) is 14.0 Å². The zero-order valence-electron chi connectivity index (χ0n) is 13.8. The molecular weight excluding hydrogens is 321 g/mol. The van der Waals surface area contributed by atoms with Crippen LogP contribution in [0.3, 0.4) is 0 Å². The molecule has 0 spiro atoms. The van der Waals surface area contributed by atoms with Gasteiger partial charge in [-0.05, 0) is 48.2 Å². The molecule has 2 aromatic carbocycles. The predicted octanol–water partition coefficient (Wildman–Crippen LogP) is 3.90. The molecule has 1 fully saturated rings. The summed E-state index contributed by atoms with van der Waals surface area (Å²) in [4.78, 5) is 23.7. The van der Waals surface area contributed by atoms with Crippen molar-refractivity contribution in [3.63, 3.8) is 0 Å². The van der Waals surface area contributed by atoms with Crippen LogP contribution in [-0.4, -0.2) is 17.0 Å². The van der Waals surface area contributed by atoms with Crippen molar-refractivity contribution < 1.29 is 19.1 Å². The summed E-state index contributed by atoms with van der Waals surface area (Å²) in [6, 6.07) is 13.0. The standard InChI is InChI=1S/C20H20FNO3/c21-16-5-3-4-15(13-16)20(10-1-2-11-20)19(25)22-17-8-6-14(7-9-17)12-18(23)24/h3-9,13H,1-2,10-12H2,(H,22,25)(H,23,24). The monoisotopic (exact) mass is 341 g/mol. The molecule has 0 atom stereocenters. The molecule has 0 bridgehead atoms. The first-order chi connectivity index (χ1) is 12.0. The number of carbonyl (C=O) groups is 2.